The molecule has 1 saturated carbocycles. The van der Waals surface area contributed by atoms with Crippen molar-refractivity contribution in [3.63, 3.8) is 0 Å². The lowest BCUT2D eigenvalue weighted by atomic mass is 9.86. The van der Waals surface area contributed by atoms with Gasteiger partial charge in [-0.15, -0.1) is 10.2 Å². The second-order valence-electron chi connectivity index (χ2n) is 7.10. The van der Waals surface area contributed by atoms with E-state index < -0.39 is 6.03 Å². The molecule has 1 aromatic carbocycles. The molecule has 2 atom stereocenters. The van der Waals surface area contributed by atoms with E-state index in [0.29, 0.717) is 17.6 Å². The van der Waals surface area contributed by atoms with Crippen molar-refractivity contribution >= 4 is 23.7 Å². The molecule has 28 heavy (non-hydrogen) atoms. The van der Waals surface area contributed by atoms with Gasteiger partial charge in [-0.3, -0.25) is 10.1 Å². The standard InChI is InChI=1S/C20H27N5O2S/c1-3-25-18(15-10-5-4-6-11-15)23-24-20(25)28-13-17(26)22-19(27)21-16-12-8-7-9-14(16)2/h4-6,10-11,14,16H,3,7-9,12-13H2,1-2H3,(H2,21,22,26,27)/t14-,16-/m0/s1. The van der Waals surface area contributed by atoms with Crippen LogP contribution in [-0.4, -0.2) is 38.5 Å². The number of rotatable bonds is 6. The molecule has 150 valence electrons. The quantitative estimate of drug-likeness (QED) is 0.724. The number of hydrogen-bond donors (Lipinski definition) is 2. The number of nitrogens with one attached hydrogen (secondary N) is 2. The number of nitrogens with zero attached hydrogens (tertiary/aromatic N) is 3. The summed E-state index contributed by atoms with van der Waals surface area (Å²) in [5.41, 5.74) is 0.981. The summed E-state index contributed by atoms with van der Waals surface area (Å²) < 4.78 is 1.97. The van der Waals surface area contributed by atoms with Crippen molar-refractivity contribution in [2.45, 2.75) is 57.3 Å². The van der Waals surface area contributed by atoms with Crippen molar-refractivity contribution in [3.8, 4) is 11.4 Å². The molecule has 0 radical (unpaired) electrons. The van der Waals surface area contributed by atoms with Gasteiger partial charge in [0.1, 0.15) is 0 Å². The van der Waals surface area contributed by atoms with Gasteiger partial charge >= 0.3 is 6.03 Å². The molecule has 0 spiro atoms. The monoisotopic (exact) mass is 401 g/mol. The summed E-state index contributed by atoms with van der Waals surface area (Å²) in [6.07, 6.45) is 4.42. The molecular formula is C20H27N5O2S. The maximum absolute atomic E-state index is 12.2. The molecule has 1 heterocycles. The van der Waals surface area contributed by atoms with Crippen molar-refractivity contribution in [2.75, 3.05) is 5.75 Å². The number of urea groups is 1. The fourth-order valence-corrected chi connectivity index (χ4v) is 4.31. The van der Waals surface area contributed by atoms with Gasteiger partial charge in [0.25, 0.3) is 0 Å². The summed E-state index contributed by atoms with van der Waals surface area (Å²) in [6.45, 7) is 4.85. The molecule has 3 rings (SSSR count). The molecule has 1 aromatic heterocycles. The maximum atomic E-state index is 12.2. The minimum Gasteiger partial charge on any atom is -0.335 e. The van der Waals surface area contributed by atoms with Crippen molar-refractivity contribution < 1.29 is 9.59 Å². The average molecular weight is 402 g/mol. The highest BCUT2D eigenvalue weighted by atomic mass is 32.2. The van der Waals surface area contributed by atoms with Crippen molar-refractivity contribution in [1.82, 2.24) is 25.4 Å². The Hall–Kier alpha value is -2.35. The summed E-state index contributed by atoms with van der Waals surface area (Å²) in [4.78, 5) is 24.3. The fourth-order valence-electron chi connectivity index (χ4n) is 3.51. The van der Waals surface area contributed by atoms with Gasteiger partial charge in [0.05, 0.1) is 5.75 Å². The van der Waals surface area contributed by atoms with Crippen LogP contribution in [0.5, 0.6) is 0 Å². The molecule has 1 fully saturated rings. The van der Waals surface area contributed by atoms with Crippen molar-refractivity contribution in [1.29, 1.82) is 0 Å². The van der Waals surface area contributed by atoms with Gasteiger partial charge in [0.15, 0.2) is 11.0 Å². The Labute approximate surface area is 169 Å². The van der Waals surface area contributed by atoms with E-state index in [9.17, 15) is 9.59 Å². The van der Waals surface area contributed by atoms with Crippen LogP contribution in [0.1, 0.15) is 39.5 Å². The highest BCUT2D eigenvalue weighted by Gasteiger charge is 2.23. The summed E-state index contributed by atoms with van der Waals surface area (Å²) in [7, 11) is 0. The van der Waals surface area contributed by atoms with Crippen LogP contribution in [0.25, 0.3) is 11.4 Å². The molecule has 1 aliphatic rings. The van der Waals surface area contributed by atoms with Crippen LogP contribution >= 0.6 is 11.8 Å². The van der Waals surface area contributed by atoms with Crippen LogP contribution in [0, 0.1) is 5.92 Å². The van der Waals surface area contributed by atoms with Crippen molar-refractivity contribution in [2.24, 2.45) is 5.92 Å². The number of imide groups is 1. The van der Waals surface area contributed by atoms with Crippen LogP contribution in [-0.2, 0) is 11.3 Å². The first-order chi connectivity index (χ1) is 13.6. The Kier molecular flexibility index (Phi) is 7.08. The minimum absolute atomic E-state index is 0.112. The van der Waals surface area contributed by atoms with E-state index in [1.54, 1.807) is 0 Å². The molecule has 3 amide bonds. The molecule has 0 bridgehead atoms. The summed E-state index contributed by atoms with van der Waals surface area (Å²) >= 11 is 1.28. The second kappa shape index (κ2) is 9.73. The Balaban J connectivity index is 1.53. The van der Waals surface area contributed by atoms with Crippen LogP contribution in [0.3, 0.4) is 0 Å². The number of carbonyl (C=O) groups excluding carboxylic acids is 2. The summed E-state index contributed by atoms with van der Waals surface area (Å²) in [6, 6.07) is 9.56. The lowest BCUT2D eigenvalue weighted by molar-refractivity contribution is -0.117. The van der Waals surface area contributed by atoms with Crippen LogP contribution < -0.4 is 10.6 Å². The van der Waals surface area contributed by atoms with E-state index >= 15 is 0 Å². The van der Waals surface area contributed by atoms with Crippen molar-refractivity contribution in [3.05, 3.63) is 30.3 Å². The van der Waals surface area contributed by atoms with Gasteiger partial charge in [-0.05, 0) is 25.7 Å². The van der Waals surface area contributed by atoms with Gasteiger partial charge in [-0.2, -0.15) is 0 Å². The lowest BCUT2D eigenvalue weighted by Crippen LogP contribution is -2.48. The maximum Gasteiger partial charge on any atom is 0.321 e. The molecule has 0 saturated heterocycles. The number of benzene rings is 1. The topological polar surface area (TPSA) is 88.9 Å². The third-order valence-corrected chi connectivity index (χ3v) is 6.05. The highest BCUT2D eigenvalue weighted by molar-refractivity contribution is 7.99. The molecule has 2 aromatic rings. The summed E-state index contributed by atoms with van der Waals surface area (Å²) in [5, 5.41) is 14.5. The van der Waals surface area contributed by atoms with Crippen LogP contribution in [0.4, 0.5) is 4.79 Å². The van der Waals surface area contributed by atoms with Gasteiger partial charge in [-0.25, -0.2) is 4.79 Å². The zero-order valence-electron chi connectivity index (χ0n) is 16.4. The highest BCUT2D eigenvalue weighted by Crippen LogP contribution is 2.24. The Morgan fingerprint density at radius 1 is 1.18 bits per heavy atom. The first-order valence-electron chi connectivity index (χ1n) is 9.80. The largest absolute Gasteiger partial charge is 0.335 e. The van der Waals surface area contributed by atoms with Gasteiger partial charge < -0.3 is 9.88 Å². The molecule has 7 nitrogen and oxygen atoms in total. The molecule has 2 N–H and O–H groups in total. The predicted octanol–water partition coefficient (Wildman–Crippen LogP) is 3.46. The predicted molar refractivity (Wildman–Crippen MR) is 110 cm³/mol. The molecule has 1 aliphatic carbocycles. The van der Waals surface area contributed by atoms with Gasteiger partial charge in [-0.1, -0.05) is 61.9 Å². The zero-order valence-corrected chi connectivity index (χ0v) is 17.2. The fraction of sp³-hybridized carbons (Fsp3) is 0.500. The van der Waals surface area contributed by atoms with Gasteiger partial charge in [0, 0.05) is 18.2 Å². The zero-order chi connectivity index (χ0) is 19.9. The SMILES string of the molecule is CCn1c(SCC(=O)NC(=O)N[C@H]2CCCC[C@@H]2C)nnc1-c1ccccc1. The van der Waals surface area contributed by atoms with Crippen LogP contribution in [0.2, 0.25) is 0 Å². The smallest absolute Gasteiger partial charge is 0.321 e. The third kappa shape index (κ3) is 5.13. The molecule has 0 aliphatic heterocycles. The normalized spacial score (nSPS) is 19.2. The van der Waals surface area contributed by atoms with Crippen LogP contribution in [0.15, 0.2) is 35.5 Å². The lowest BCUT2D eigenvalue weighted by Gasteiger charge is -2.29. The molecular weight excluding hydrogens is 374 g/mol. The van der Waals surface area contributed by atoms with E-state index in [4.69, 9.17) is 0 Å². The van der Waals surface area contributed by atoms with E-state index in [1.165, 1.54) is 18.2 Å². The first kappa shape index (κ1) is 20.4. The summed E-state index contributed by atoms with van der Waals surface area (Å²) in [5.74, 6) is 0.997. The molecule has 0 unspecified atom stereocenters. The minimum atomic E-state index is -0.411. The van der Waals surface area contributed by atoms with E-state index in [1.807, 2.05) is 41.8 Å². The Morgan fingerprint density at radius 3 is 2.64 bits per heavy atom. The Bertz CT molecular complexity index is 808. The number of thioether (sulfide) groups is 1. The number of aromatic nitrogens is 3. The number of hydrogen-bond acceptors (Lipinski definition) is 5. The van der Waals surface area contributed by atoms with E-state index in [-0.39, 0.29) is 17.7 Å². The Morgan fingerprint density at radius 2 is 1.93 bits per heavy atom. The van der Waals surface area contributed by atoms with Gasteiger partial charge in [0.2, 0.25) is 5.91 Å². The first-order valence-corrected chi connectivity index (χ1v) is 10.8. The average Bonchev–Trinajstić information content (AvgIpc) is 3.11. The van der Waals surface area contributed by atoms with E-state index in [2.05, 4.69) is 27.8 Å². The second-order valence-corrected chi connectivity index (χ2v) is 8.04. The number of carbonyl (C=O) groups is 2. The third-order valence-electron chi connectivity index (χ3n) is 5.08. The molecule has 8 heteroatoms. The number of amides is 3. The van der Waals surface area contributed by atoms with E-state index in [0.717, 1.165) is 30.7 Å².